The van der Waals surface area contributed by atoms with E-state index in [1.54, 1.807) is 42.5 Å². The molecule has 0 saturated carbocycles. The van der Waals surface area contributed by atoms with Crippen molar-refractivity contribution in [2.24, 2.45) is 0 Å². The SMILES string of the molecule is CCNC(=O)C(CC)N(Cc1ccc(Cl)cc1Cl)C(=O)CCCN1C(=O)c2ccccc2C1=O. The number of imide groups is 1. The minimum Gasteiger partial charge on any atom is -0.355 e. The molecule has 180 valence electrons. The van der Waals surface area contributed by atoms with Crippen LogP contribution in [0, 0.1) is 0 Å². The van der Waals surface area contributed by atoms with Gasteiger partial charge in [-0.3, -0.25) is 24.1 Å². The van der Waals surface area contributed by atoms with Crippen LogP contribution in [0.2, 0.25) is 10.0 Å². The number of carbonyl (C=O) groups excluding carboxylic acids is 4. The smallest absolute Gasteiger partial charge is 0.261 e. The monoisotopic (exact) mass is 503 g/mol. The van der Waals surface area contributed by atoms with Crippen LogP contribution < -0.4 is 5.32 Å². The Balaban J connectivity index is 1.72. The Morgan fingerprint density at radius 3 is 2.24 bits per heavy atom. The Labute approximate surface area is 209 Å². The highest BCUT2D eigenvalue weighted by molar-refractivity contribution is 6.35. The van der Waals surface area contributed by atoms with Crippen molar-refractivity contribution in [3.63, 3.8) is 0 Å². The van der Waals surface area contributed by atoms with E-state index < -0.39 is 6.04 Å². The van der Waals surface area contributed by atoms with Gasteiger partial charge in [0.1, 0.15) is 6.04 Å². The molecule has 34 heavy (non-hydrogen) atoms. The van der Waals surface area contributed by atoms with Crippen LogP contribution in [0.3, 0.4) is 0 Å². The summed E-state index contributed by atoms with van der Waals surface area (Å²) in [5, 5.41) is 3.66. The van der Waals surface area contributed by atoms with E-state index in [2.05, 4.69) is 5.32 Å². The summed E-state index contributed by atoms with van der Waals surface area (Å²) in [6.07, 6.45) is 0.761. The Bertz CT molecular complexity index is 1070. The lowest BCUT2D eigenvalue weighted by molar-refractivity contribution is -0.141. The molecule has 2 aromatic carbocycles. The first-order valence-electron chi connectivity index (χ1n) is 11.2. The average Bonchev–Trinajstić information content (AvgIpc) is 3.05. The second-order valence-corrected chi connectivity index (χ2v) is 8.83. The van der Waals surface area contributed by atoms with E-state index in [0.29, 0.717) is 39.7 Å². The highest BCUT2D eigenvalue weighted by Crippen LogP contribution is 2.25. The molecular formula is C25H27Cl2N3O4. The minimum absolute atomic E-state index is 0.0640. The number of halogens is 2. The quantitative estimate of drug-likeness (QED) is 0.489. The molecule has 0 spiro atoms. The zero-order chi connectivity index (χ0) is 24.8. The van der Waals surface area contributed by atoms with Gasteiger partial charge < -0.3 is 10.2 Å². The third kappa shape index (κ3) is 5.59. The number of rotatable bonds is 10. The molecule has 0 aromatic heterocycles. The summed E-state index contributed by atoms with van der Waals surface area (Å²) in [5.74, 6) is -1.22. The Hall–Kier alpha value is -2.90. The van der Waals surface area contributed by atoms with E-state index in [1.165, 1.54) is 9.80 Å². The molecule has 1 aliphatic rings. The first-order valence-corrected chi connectivity index (χ1v) is 12.0. The molecule has 0 aliphatic carbocycles. The lowest BCUT2D eigenvalue weighted by Gasteiger charge is -2.31. The van der Waals surface area contributed by atoms with Crippen molar-refractivity contribution >= 4 is 46.8 Å². The molecule has 0 radical (unpaired) electrons. The number of likely N-dealkylation sites (N-methyl/N-ethyl adjacent to an activating group) is 1. The summed E-state index contributed by atoms with van der Waals surface area (Å²) in [5.41, 5.74) is 1.42. The van der Waals surface area contributed by atoms with Crippen LogP contribution in [0.4, 0.5) is 0 Å². The predicted molar refractivity (Wildman–Crippen MR) is 131 cm³/mol. The Morgan fingerprint density at radius 2 is 1.68 bits per heavy atom. The molecule has 9 heteroatoms. The average molecular weight is 504 g/mol. The predicted octanol–water partition coefficient (Wildman–Crippen LogP) is 4.31. The van der Waals surface area contributed by atoms with Gasteiger partial charge in [0.2, 0.25) is 11.8 Å². The van der Waals surface area contributed by atoms with Crippen LogP contribution in [0.5, 0.6) is 0 Å². The molecule has 1 unspecified atom stereocenters. The van der Waals surface area contributed by atoms with Gasteiger partial charge in [-0.15, -0.1) is 0 Å². The van der Waals surface area contributed by atoms with Crippen LogP contribution in [0.15, 0.2) is 42.5 Å². The fourth-order valence-corrected chi connectivity index (χ4v) is 4.49. The van der Waals surface area contributed by atoms with E-state index in [4.69, 9.17) is 23.2 Å². The minimum atomic E-state index is -0.682. The molecule has 7 nitrogen and oxygen atoms in total. The number of nitrogens with zero attached hydrogens (tertiary/aromatic N) is 2. The Kier molecular flexibility index (Phi) is 8.69. The van der Waals surface area contributed by atoms with E-state index >= 15 is 0 Å². The lowest BCUT2D eigenvalue weighted by Crippen LogP contribution is -2.49. The van der Waals surface area contributed by atoms with Gasteiger partial charge in [0, 0.05) is 36.1 Å². The number of benzene rings is 2. The third-order valence-corrected chi connectivity index (χ3v) is 6.33. The number of hydrogen-bond acceptors (Lipinski definition) is 4. The van der Waals surface area contributed by atoms with Crippen molar-refractivity contribution in [3.8, 4) is 0 Å². The van der Waals surface area contributed by atoms with E-state index in [0.717, 1.165) is 0 Å². The van der Waals surface area contributed by atoms with Crippen molar-refractivity contribution in [2.75, 3.05) is 13.1 Å². The van der Waals surface area contributed by atoms with Gasteiger partial charge in [0.25, 0.3) is 11.8 Å². The van der Waals surface area contributed by atoms with Crippen LogP contribution in [0.25, 0.3) is 0 Å². The number of carbonyl (C=O) groups is 4. The maximum atomic E-state index is 13.3. The van der Waals surface area contributed by atoms with Gasteiger partial charge in [-0.25, -0.2) is 0 Å². The third-order valence-electron chi connectivity index (χ3n) is 5.74. The largest absolute Gasteiger partial charge is 0.355 e. The number of nitrogens with one attached hydrogen (secondary N) is 1. The highest BCUT2D eigenvalue weighted by atomic mass is 35.5. The molecule has 0 fully saturated rings. The van der Waals surface area contributed by atoms with Gasteiger partial charge >= 0.3 is 0 Å². The summed E-state index contributed by atoms with van der Waals surface area (Å²) in [7, 11) is 0. The highest BCUT2D eigenvalue weighted by Gasteiger charge is 2.35. The van der Waals surface area contributed by atoms with Gasteiger partial charge in [0.05, 0.1) is 11.1 Å². The van der Waals surface area contributed by atoms with Crippen molar-refractivity contribution < 1.29 is 19.2 Å². The zero-order valence-electron chi connectivity index (χ0n) is 19.1. The van der Waals surface area contributed by atoms with Gasteiger partial charge in [-0.2, -0.15) is 0 Å². The van der Waals surface area contributed by atoms with Crippen LogP contribution in [0.1, 0.15) is 59.4 Å². The van der Waals surface area contributed by atoms with Gasteiger partial charge in [-0.05, 0) is 49.6 Å². The second kappa shape index (κ2) is 11.5. The molecule has 1 N–H and O–H groups in total. The standard InChI is InChI=1S/C25H27Cl2N3O4/c1-3-21(23(32)28-4-2)30(15-16-11-12-17(26)14-20(16)27)22(31)10-7-13-29-24(33)18-8-5-6-9-19(18)25(29)34/h5-6,8-9,11-12,14,21H,3-4,7,10,13,15H2,1-2H3,(H,28,32). The van der Waals surface area contributed by atoms with E-state index in [1.807, 2.05) is 13.8 Å². The zero-order valence-corrected chi connectivity index (χ0v) is 20.7. The van der Waals surface area contributed by atoms with Crippen molar-refractivity contribution in [1.82, 2.24) is 15.1 Å². The summed E-state index contributed by atoms with van der Waals surface area (Å²) in [6.45, 7) is 4.35. The molecule has 4 amide bonds. The fraction of sp³-hybridized carbons (Fsp3) is 0.360. The lowest BCUT2D eigenvalue weighted by atomic mass is 10.1. The topological polar surface area (TPSA) is 86.8 Å². The fourth-order valence-electron chi connectivity index (χ4n) is 4.02. The first kappa shape index (κ1) is 25.7. The molecule has 1 aliphatic heterocycles. The molecule has 2 aromatic rings. The van der Waals surface area contributed by atoms with Gasteiger partial charge in [-0.1, -0.05) is 48.3 Å². The van der Waals surface area contributed by atoms with E-state index in [-0.39, 0.29) is 49.6 Å². The van der Waals surface area contributed by atoms with Crippen molar-refractivity contribution in [3.05, 3.63) is 69.2 Å². The summed E-state index contributed by atoms with van der Waals surface area (Å²) < 4.78 is 0. The summed E-state index contributed by atoms with van der Waals surface area (Å²) in [6, 6.07) is 11.0. The maximum absolute atomic E-state index is 13.3. The van der Waals surface area contributed by atoms with E-state index in [9.17, 15) is 19.2 Å². The van der Waals surface area contributed by atoms with Crippen molar-refractivity contribution in [2.45, 2.75) is 45.7 Å². The van der Waals surface area contributed by atoms with Crippen LogP contribution in [-0.2, 0) is 16.1 Å². The van der Waals surface area contributed by atoms with Gasteiger partial charge in [0.15, 0.2) is 0 Å². The normalized spacial score (nSPS) is 13.6. The second-order valence-electron chi connectivity index (χ2n) is 7.99. The molecule has 0 saturated heterocycles. The van der Waals surface area contributed by atoms with Crippen molar-refractivity contribution in [1.29, 1.82) is 0 Å². The molecule has 1 heterocycles. The molecule has 0 bridgehead atoms. The number of amides is 4. The van der Waals surface area contributed by atoms with Crippen LogP contribution >= 0.6 is 23.2 Å². The molecular weight excluding hydrogens is 477 g/mol. The number of fused-ring (bicyclic) bond motifs is 1. The molecule has 3 rings (SSSR count). The first-order chi connectivity index (χ1) is 16.3. The Morgan fingerprint density at radius 1 is 1.03 bits per heavy atom. The summed E-state index contributed by atoms with van der Waals surface area (Å²) in [4.78, 5) is 53.8. The van der Waals surface area contributed by atoms with Crippen LogP contribution in [-0.4, -0.2) is 52.6 Å². The number of hydrogen-bond donors (Lipinski definition) is 1. The molecule has 1 atom stereocenters. The summed E-state index contributed by atoms with van der Waals surface area (Å²) >= 11 is 12.3. The maximum Gasteiger partial charge on any atom is 0.261 e.